The fraction of sp³-hybridized carbons (Fsp3) is 0.0909. The van der Waals surface area contributed by atoms with Crippen LogP contribution in [0.3, 0.4) is 0 Å². The molecular weight excluding hydrogens is 366 g/mol. The average Bonchev–Trinajstić information content (AvgIpc) is 3.37. The maximum absolute atomic E-state index is 12.9. The van der Waals surface area contributed by atoms with E-state index in [1.165, 1.54) is 0 Å². The van der Waals surface area contributed by atoms with E-state index in [2.05, 4.69) is 20.6 Å². The van der Waals surface area contributed by atoms with Crippen LogP contribution in [-0.2, 0) is 4.79 Å². The van der Waals surface area contributed by atoms with Gasteiger partial charge in [0.15, 0.2) is 0 Å². The van der Waals surface area contributed by atoms with E-state index >= 15 is 0 Å². The molecule has 0 spiro atoms. The summed E-state index contributed by atoms with van der Waals surface area (Å²) >= 11 is 0. The molecule has 2 aromatic heterocycles. The highest BCUT2D eigenvalue weighted by molar-refractivity contribution is 6.47. The third kappa shape index (κ3) is 3.58. The van der Waals surface area contributed by atoms with Gasteiger partial charge in [-0.1, -0.05) is 30.3 Å². The maximum Gasteiger partial charge on any atom is 0.296 e. The first kappa shape index (κ1) is 18.4. The van der Waals surface area contributed by atoms with Crippen LogP contribution in [0, 0.1) is 13.8 Å². The minimum absolute atomic E-state index is 0.316. The summed E-state index contributed by atoms with van der Waals surface area (Å²) in [5.41, 5.74) is 4.50. The summed E-state index contributed by atoms with van der Waals surface area (Å²) in [6.07, 6.45) is 1.65. The van der Waals surface area contributed by atoms with Gasteiger partial charge in [0.05, 0.1) is 28.3 Å². The van der Waals surface area contributed by atoms with Gasteiger partial charge in [0.2, 0.25) is 0 Å². The highest BCUT2D eigenvalue weighted by Gasteiger charge is 2.25. The van der Waals surface area contributed by atoms with Crippen LogP contribution in [0.25, 0.3) is 16.9 Å². The SMILES string of the molecule is Cc1nn(-c2ccccc2)c(C)c1C(=O)C(=O)Nc1cccc(-c2ccn[nH]2)c1. The van der Waals surface area contributed by atoms with Gasteiger partial charge in [-0.2, -0.15) is 10.2 Å². The molecule has 0 aliphatic carbocycles. The second-order valence-electron chi connectivity index (χ2n) is 6.63. The van der Waals surface area contributed by atoms with Crippen molar-refractivity contribution in [3.8, 4) is 16.9 Å². The molecule has 4 aromatic rings. The van der Waals surface area contributed by atoms with Gasteiger partial charge in [-0.25, -0.2) is 4.68 Å². The number of carbonyl (C=O) groups excluding carboxylic acids is 2. The number of nitrogens with one attached hydrogen (secondary N) is 2. The van der Waals surface area contributed by atoms with E-state index in [-0.39, 0.29) is 0 Å². The summed E-state index contributed by atoms with van der Waals surface area (Å²) in [5.74, 6) is -1.32. The quantitative estimate of drug-likeness (QED) is 0.405. The number of para-hydroxylation sites is 1. The molecule has 0 saturated carbocycles. The summed E-state index contributed by atoms with van der Waals surface area (Å²) in [5, 5.41) is 13.9. The van der Waals surface area contributed by atoms with Gasteiger partial charge in [-0.05, 0) is 44.2 Å². The van der Waals surface area contributed by atoms with Gasteiger partial charge in [0.25, 0.3) is 11.7 Å². The molecule has 0 atom stereocenters. The zero-order valence-corrected chi connectivity index (χ0v) is 16.0. The van der Waals surface area contributed by atoms with Crippen molar-refractivity contribution in [2.24, 2.45) is 0 Å². The van der Waals surface area contributed by atoms with Crippen LogP contribution < -0.4 is 5.32 Å². The van der Waals surface area contributed by atoms with Crippen LogP contribution in [0.4, 0.5) is 5.69 Å². The molecule has 0 bridgehead atoms. The molecule has 29 heavy (non-hydrogen) atoms. The Balaban J connectivity index is 1.59. The number of H-pyrrole nitrogens is 1. The van der Waals surface area contributed by atoms with E-state index in [0.717, 1.165) is 16.9 Å². The Bertz CT molecular complexity index is 1180. The lowest BCUT2D eigenvalue weighted by atomic mass is 10.1. The molecule has 7 nitrogen and oxygen atoms in total. The standard InChI is InChI=1S/C22H19N5O2/c1-14-20(15(2)27(26-14)18-9-4-3-5-10-18)21(28)22(29)24-17-8-6-7-16(13-17)19-11-12-23-25-19/h3-13H,1-2H3,(H,23,25)(H,24,29). The summed E-state index contributed by atoms with van der Waals surface area (Å²) in [6.45, 7) is 3.51. The normalized spacial score (nSPS) is 10.7. The van der Waals surface area contributed by atoms with Crippen molar-refractivity contribution < 1.29 is 9.59 Å². The molecule has 0 aliphatic rings. The largest absolute Gasteiger partial charge is 0.319 e. The number of Topliss-reactive ketones (excluding diaryl/α,β-unsaturated/α-hetero) is 1. The number of rotatable bonds is 5. The highest BCUT2D eigenvalue weighted by Crippen LogP contribution is 2.22. The molecule has 4 rings (SSSR count). The molecule has 0 unspecified atom stereocenters. The third-order valence-electron chi connectivity index (χ3n) is 4.66. The predicted molar refractivity (Wildman–Crippen MR) is 110 cm³/mol. The predicted octanol–water partition coefficient (Wildman–Crippen LogP) is 3.70. The number of hydrogen-bond acceptors (Lipinski definition) is 4. The van der Waals surface area contributed by atoms with Crippen LogP contribution in [0.15, 0.2) is 66.9 Å². The number of hydrogen-bond donors (Lipinski definition) is 2. The van der Waals surface area contributed by atoms with E-state index < -0.39 is 11.7 Å². The number of amides is 1. The van der Waals surface area contributed by atoms with E-state index in [0.29, 0.717) is 22.6 Å². The van der Waals surface area contributed by atoms with Crippen LogP contribution in [0.1, 0.15) is 21.7 Å². The van der Waals surface area contributed by atoms with Gasteiger partial charge in [0, 0.05) is 17.4 Å². The minimum Gasteiger partial charge on any atom is -0.319 e. The number of anilines is 1. The Hall–Kier alpha value is -4.00. The fourth-order valence-electron chi connectivity index (χ4n) is 3.27. The molecule has 0 radical (unpaired) electrons. The molecule has 1 amide bonds. The molecule has 7 heteroatoms. The number of benzene rings is 2. The monoisotopic (exact) mass is 385 g/mol. The van der Waals surface area contributed by atoms with E-state index in [9.17, 15) is 9.59 Å². The minimum atomic E-state index is -0.703. The topological polar surface area (TPSA) is 92.7 Å². The van der Waals surface area contributed by atoms with E-state index in [4.69, 9.17) is 0 Å². The third-order valence-corrected chi connectivity index (χ3v) is 4.66. The number of nitrogens with zero attached hydrogens (tertiary/aromatic N) is 3. The lowest BCUT2D eigenvalue weighted by Gasteiger charge is -2.07. The molecule has 2 N–H and O–H groups in total. The Morgan fingerprint density at radius 1 is 1.00 bits per heavy atom. The van der Waals surface area contributed by atoms with Crippen molar-refractivity contribution in [1.29, 1.82) is 0 Å². The smallest absolute Gasteiger partial charge is 0.296 e. The molecule has 144 valence electrons. The number of aromatic nitrogens is 4. The Kier molecular flexibility index (Phi) is 4.78. The van der Waals surface area contributed by atoms with Gasteiger partial charge >= 0.3 is 0 Å². The Morgan fingerprint density at radius 2 is 1.79 bits per heavy atom. The van der Waals surface area contributed by atoms with E-state index in [1.54, 1.807) is 42.9 Å². The van der Waals surface area contributed by atoms with Crippen LogP contribution in [0.2, 0.25) is 0 Å². The second-order valence-corrected chi connectivity index (χ2v) is 6.63. The van der Waals surface area contributed by atoms with Crippen molar-refractivity contribution in [2.45, 2.75) is 13.8 Å². The lowest BCUT2D eigenvalue weighted by Crippen LogP contribution is -2.24. The van der Waals surface area contributed by atoms with Gasteiger partial charge < -0.3 is 5.32 Å². The van der Waals surface area contributed by atoms with Crippen molar-refractivity contribution in [3.05, 3.63) is 83.8 Å². The van der Waals surface area contributed by atoms with Gasteiger partial charge in [-0.15, -0.1) is 0 Å². The zero-order valence-electron chi connectivity index (χ0n) is 16.0. The summed E-state index contributed by atoms with van der Waals surface area (Å²) < 4.78 is 1.68. The number of aryl methyl sites for hydroxylation is 1. The van der Waals surface area contributed by atoms with Gasteiger partial charge in [-0.3, -0.25) is 14.7 Å². The number of ketones is 1. The number of carbonyl (C=O) groups is 2. The molecule has 2 aromatic carbocycles. The maximum atomic E-state index is 12.9. The van der Waals surface area contributed by atoms with Crippen molar-refractivity contribution in [1.82, 2.24) is 20.0 Å². The van der Waals surface area contributed by atoms with Crippen LogP contribution >= 0.6 is 0 Å². The summed E-state index contributed by atoms with van der Waals surface area (Å²) in [6, 6.07) is 18.5. The van der Waals surface area contributed by atoms with Crippen LogP contribution in [-0.4, -0.2) is 31.7 Å². The van der Waals surface area contributed by atoms with E-state index in [1.807, 2.05) is 42.5 Å². The molecule has 2 heterocycles. The Morgan fingerprint density at radius 3 is 2.52 bits per heavy atom. The van der Waals surface area contributed by atoms with Crippen molar-refractivity contribution in [2.75, 3.05) is 5.32 Å². The summed E-state index contributed by atoms with van der Waals surface area (Å²) in [4.78, 5) is 25.5. The van der Waals surface area contributed by atoms with Crippen molar-refractivity contribution >= 4 is 17.4 Å². The molecule has 0 fully saturated rings. The average molecular weight is 385 g/mol. The fourth-order valence-corrected chi connectivity index (χ4v) is 3.27. The Labute approximate surface area is 167 Å². The van der Waals surface area contributed by atoms with Crippen LogP contribution in [0.5, 0.6) is 0 Å². The first-order valence-electron chi connectivity index (χ1n) is 9.11. The molecular formula is C22H19N5O2. The zero-order chi connectivity index (χ0) is 20.4. The second kappa shape index (κ2) is 7.55. The lowest BCUT2D eigenvalue weighted by molar-refractivity contribution is -0.112. The first-order chi connectivity index (χ1) is 14.0. The number of aromatic amines is 1. The van der Waals surface area contributed by atoms with Crippen molar-refractivity contribution in [3.63, 3.8) is 0 Å². The van der Waals surface area contributed by atoms with Gasteiger partial charge in [0.1, 0.15) is 0 Å². The molecule has 0 saturated heterocycles. The first-order valence-corrected chi connectivity index (χ1v) is 9.11. The highest BCUT2D eigenvalue weighted by atomic mass is 16.2. The molecule has 0 aliphatic heterocycles. The summed E-state index contributed by atoms with van der Waals surface area (Å²) in [7, 11) is 0.